The highest BCUT2D eigenvalue weighted by Gasteiger charge is 2.22. The van der Waals surface area contributed by atoms with Crippen LogP contribution in [-0.2, 0) is 27.8 Å². The lowest BCUT2D eigenvalue weighted by atomic mass is 10.1. The third-order valence-electron chi connectivity index (χ3n) is 4.69. The van der Waals surface area contributed by atoms with Gasteiger partial charge < -0.3 is 5.32 Å². The Morgan fingerprint density at radius 1 is 0.806 bits per heavy atom. The van der Waals surface area contributed by atoms with E-state index in [9.17, 15) is 13.2 Å². The summed E-state index contributed by atoms with van der Waals surface area (Å²) in [6, 6.07) is 28.3. The van der Waals surface area contributed by atoms with E-state index in [0.717, 1.165) is 22.1 Å². The lowest BCUT2D eigenvalue weighted by Gasteiger charge is -2.20. The van der Waals surface area contributed by atoms with Gasteiger partial charge in [-0.05, 0) is 29.2 Å². The minimum atomic E-state index is -3.80. The maximum atomic E-state index is 13.0. The molecular weight excluding hydrogens is 408 g/mol. The van der Waals surface area contributed by atoms with Gasteiger partial charge in [0.05, 0.1) is 6.54 Å². The molecule has 3 aromatic carbocycles. The van der Waals surface area contributed by atoms with Crippen molar-refractivity contribution in [2.24, 2.45) is 0 Å². The second kappa shape index (κ2) is 11.2. The van der Waals surface area contributed by atoms with Crippen molar-refractivity contribution in [1.29, 1.82) is 0 Å². The van der Waals surface area contributed by atoms with Crippen molar-refractivity contribution >= 4 is 22.0 Å². The summed E-state index contributed by atoms with van der Waals surface area (Å²) in [4.78, 5) is 12.5. The first-order valence-electron chi connectivity index (χ1n) is 10.1. The molecule has 3 rings (SSSR count). The van der Waals surface area contributed by atoms with Gasteiger partial charge in [-0.2, -0.15) is 4.31 Å². The van der Waals surface area contributed by atoms with Crippen LogP contribution in [0.15, 0.2) is 96.4 Å². The van der Waals surface area contributed by atoms with Crippen molar-refractivity contribution in [3.05, 3.63) is 113 Å². The molecule has 3 aromatic rings. The van der Waals surface area contributed by atoms with Crippen molar-refractivity contribution in [3.63, 3.8) is 0 Å². The Morgan fingerprint density at radius 2 is 1.35 bits per heavy atom. The smallest absolute Gasteiger partial charge is 0.237 e. The summed E-state index contributed by atoms with van der Waals surface area (Å²) in [6.45, 7) is 0.321. The minimum absolute atomic E-state index is 0.119. The van der Waals surface area contributed by atoms with E-state index in [1.807, 2.05) is 91.0 Å². The Morgan fingerprint density at radius 3 is 1.97 bits per heavy atom. The summed E-state index contributed by atoms with van der Waals surface area (Å²) in [7, 11) is -3.80. The number of benzene rings is 3. The number of nitrogens with one attached hydrogen (secondary N) is 1. The van der Waals surface area contributed by atoms with E-state index in [1.54, 1.807) is 6.08 Å². The predicted octanol–water partition coefficient (Wildman–Crippen LogP) is 3.85. The first kappa shape index (κ1) is 22.5. The molecule has 0 spiro atoms. The molecule has 0 atom stereocenters. The average molecular weight is 435 g/mol. The Balaban J connectivity index is 1.68. The molecule has 0 unspecified atom stereocenters. The van der Waals surface area contributed by atoms with Gasteiger partial charge >= 0.3 is 0 Å². The molecule has 0 aliphatic heterocycles. The molecule has 1 N–H and O–H groups in total. The number of nitrogens with zero attached hydrogens (tertiary/aromatic N) is 1. The fourth-order valence-corrected chi connectivity index (χ4v) is 4.17. The molecule has 31 heavy (non-hydrogen) atoms. The van der Waals surface area contributed by atoms with Gasteiger partial charge in [0, 0.05) is 18.5 Å². The van der Waals surface area contributed by atoms with Gasteiger partial charge in [-0.15, -0.1) is 0 Å². The fourth-order valence-electron chi connectivity index (χ4n) is 3.04. The van der Waals surface area contributed by atoms with E-state index in [1.165, 1.54) is 4.31 Å². The number of amides is 1. The molecule has 0 aliphatic carbocycles. The molecule has 0 aromatic heterocycles. The zero-order valence-electron chi connectivity index (χ0n) is 17.2. The topological polar surface area (TPSA) is 66.5 Å². The second-order valence-corrected chi connectivity index (χ2v) is 8.92. The Hall–Kier alpha value is -3.22. The molecule has 0 radical (unpaired) electrons. The van der Waals surface area contributed by atoms with Gasteiger partial charge in [0.25, 0.3) is 0 Å². The molecule has 0 fully saturated rings. The van der Waals surface area contributed by atoms with Crippen molar-refractivity contribution < 1.29 is 13.2 Å². The van der Waals surface area contributed by atoms with E-state index >= 15 is 0 Å². The summed E-state index contributed by atoms with van der Waals surface area (Å²) < 4.78 is 27.2. The number of hydrogen-bond acceptors (Lipinski definition) is 3. The minimum Gasteiger partial charge on any atom is -0.355 e. The molecule has 0 saturated heterocycles. The van der Waals surface area contributed by atoms with Crippen LogP contribution < -0.4 is 5.32 Å². The van der Waals surface area contributed by atoms with Crippen LogP contribution in [0.25, 0.3) is 6.08 Å². The maximum absolute atomic E-state index is 13.0. The lowest BCUT2D eigenvalue weighted by Crippen LogP contribution is -2.40. The van der Waals surface area contributed by atoms with Crippen LogP contribution in [0.4, 0.5) is 0 Å². The van der Waals surface area contributed by atoms with Crippen molar-refractivity contribution in [3.8, 4) is 0 Å². The molecular formula is C25H26N2O3S. The van der Waals surface area contributed by atoms with Crippen LogP contribution in [0.3, 0.4) is 0 Å². The zero-order chi connectivity index (χ0) is 21.9. The fraction of sp³-hybridized carbons (Fsp3) is 0.160. The Bertz CT molecular complexity index is 1080. The second-order valence-electron chi connectivity index (χ2n) is 7.10. The van der Waals surface area contributed by atoms with E-state index in [4.69, 9.17) is 0 Å². The maximum Gasteiger partial charge on any atom is 0.237 e. The third kappa shape index (κ3) is 7.51. The van der Waals surface area contributed by atoms with Gasteiger partial charge in [0.15, 0.2) is 0 Å². The molecule has 0 heterocycles. The molecule has 1 amide bonds. The van der Waals surface area contributed by atoms with Gasteiger partial charge in [-0.25, -0.2) is 8.42 Å². The summed E-state index contributed by atoms with van der Waals surface area (Å²) in [5.41, 5.74) is 2.71. The van der Waals surface area contributed by atoms with Crippen LogP contribution in [0.1, 0.15) is 16.7 Å². The van der Waals surface area contributed by atoms with Crippen LogP contribution >= 0.6 is 0 Å². The quantitative estimate of drug-likeness (QED) is 0.527. The molecule has 0 saturated carbocycles. The highest BCUT2D eigenvalue weighted by Crippen LogP contribution is 2.13. The summed E-state index contributed by atoms with van der Waals surface area (Å²) in [5, 5.41) is 3.98. The molecule has 0 bridgehead atoms. The first-order chi connectivity index (χ1) is 15.0. The summed E-state index contributed by atoms with van der Waals surface area (Å²) in [5.74, 6) is -0.330. The number of carbonyl (C=O) groups is 1. The molecule has 160 valence electrons. The van der Waals surface area contributed by atoms with Gasteiger partial charge in [0.1, 0.15) is 0 Å². The molecule has 5 nitrogen and oxygen atoms in total. The first-order valence-corrected chi connectivity index (χ1v) is 11.6. The average Bonchev–Trinajstić information content (AvgIpc) is 2.79. The largest absolute Gasteiger partial charge is 0.355 e. The van der Waals surface area contributed by atoms with Crippen molar-refractivity contribution in [2.45, 2.75) is 13.0 Å². The third-order valence-corrected chi connectivity index (χ3v) is 6.15. The number of hydrogen-bond donors (Lipinski definition) is 1. The summed E-state index contributed by atoms with van der Waals surface area (Å²) in [6.07, 6.45) is 2.23. The standard InChI is InChI=1S/C25H26N2O3S/c28-25(26-18-16-22-10-4-1-5-11-22)21-27(20-24-14-8-3-9-15-24)31(29,30)19-17-23-12-6-2-7-13-23/h1-15,17,19H,16,18,20-21H2,(H,26,28)/b19-17+. The van der Waals surface area contributed by atoms with E-state index in [-0.39, 0.29) is 19.0 Å². The van der Waals surface area contributed by atoms with Crippen LogP contribution in [0, 0.1) is 0 Å². The zero-order valence-corrected chi connectivity index (χ0v) is 18.0. The van der Waals surface area contributed by atoms with Crippen LogP contribution in [0.5, 0.6) is 0 Å². The van der Waals surface area contributed by atoms with Gasteiger partial charge in [-0.3, -0.25) is 4.79 Å². The monoisotopic (exact) mass is 434 g/mol. The van der Waals surface area contributed by atoms with Gasteiger partial charge in [0.2, 0.25) is 15.9 Å². The molecule has 0 aliphatic rings. The Kier molecular flexibility index (Phi) is 8.15. The highest BCUT2D eigenvalue weighted by molar-refractivity contribution is 7.92. The Labute approximate surface area is 184 Å². The number of carbonyl (C=O) groups excluding carboxylic acids is 1. The SMILES string of the molecule is O=C(CN(Cc1ccccc1)S(=O)(=O)/C=C/c1ccccc1)NCCc1ccccc1. The molecule has 6 heteroatoms. The van der Waals surface area contributed by atoms with E-state index in [0.29, 0.717) is 13.0 Å². The lowest BCUT2D eigenvalue weighted by molar-refractivity contribution is -0.121. The normalized spacial score (nSPS) is 11.6. The van der Waals surface area contributed by atoms with E-state index in [2.05, 4.69) is 5.32 Å². The summed E-state index contributed by atoms with van der Waals surface area (Å²) >= 11 is 0. The van der Waals surface area contributed by atoms with E-state index < -0.39 is 10.0 Å². The van der Waals surface area contributed by atoms with Crippen molar-refractivity contribution in [2.75, 3.05) is 13.1 Å². The number of rotatable bonds is 10. The predicted molar refractivity (Wildman–Crippen MR) is 124 cm³/mol. The number of sulfonamides is 1. The van der Waals surface area contributed by atoms with Crippen LogP contribution in [0.2, 0.25) is 0 Å². The van der Waals surface area contributed by atoms with Crippen LogP contribution in [-0.4, -0.2) is 31.7 Å². The van der Waals surface area contributed by atoms with Crippen molar-refractivity contribution in [1.82, 2.24) is 9.62 Å². The van der Waals surface area contributed by atoms with Gasteiger partial charge in [-0.1, -0.05) is 91.0 Å². The highest BCUT2D eigenvalue weighted by atomic mass is 32.2.